The Bertz CT molecular complexity index is 1140. The Hall–Kier alpha value is -2.97. The van der Waals surface area contributed by atoms with Crippen molar-refractivity contribution >= 4 is 17.8 Å². The molecule has 3 fully saturated rings. The van der Waals surface area contributed by atoms with Crippen molar-refractivity contribution in [1.82, 2.24) is 9.80 Å². The van der Waals surface area contributed by atoms with E-state index in [1.165, 1.54) is 0 Å². The summed E-state index contributed by atoms with van der Waals surface area (Å²) in [5.41, 5.74) is -1.14. The van der Waals surface area contributed by atoms with E-state index in [1.54, 1.807) is 15.9 Å². The summed E-state index contributed by atoms with van der Waals surface area (Å²) in [7, 11) is 0. The molecule has 7 atom stereocenters. The van der Waals surface area contributed by atoms with Gasteiger partial charge < -0.3 is 24.4 Å². The first-order valence-corrected chi connectivity index (χ1v) is 15.5. The van der Waals surface area contributed by atoms with E-state index in [0.717, 1.165) is 31.2 Å². The summed E-state index contributed by atoms with van der Waals surface area (Å²) in [5, 5.41) is 10.7. The minimum Gasteiger partial charge on any atom is -0.465 e. The number of allylic oxidation sites excluding steroid dienone is 1. The van der Waals surface area contributed by atoms with Gasteiger partial charge in [-0.3, -0.25) is 14.4 Å². The number of hydrogen-bond acceptors (Lipinski definition) is 6. The molecule has 0 aliphatic carbocycles. The number of fused-ring (bicyclic) bond motifs is 1. The summed E-state index contributed by atoms with van der Waals surface area (Å²) in [6, 6.07) is 7.92. The number of aliphatic hydroxyl groups is 1. The van der Waals surface area contributed by atoms with E-state index >= 15 is 0 Å². The Morgan fingerprint density at radius 3 is 2.60 bits per heavy atom. The summed E-state index contributed by atoms with van der Waals surface area (Å²) in [5.74, 6) is -2.67. The predicted octanol–water partition coefficient (Wildman–Crippen LogP) is 4.46. The second-order valence-corrected chi connectivity index (χ2v) is 12.4. The second kappa shape index (κ2) is 13.6. The van der Waals surface area contributed by atoms with Crippen molar-refractivity contribution < 1.29 is 29.0 Å². The van der Waals surface area contributed by atoms with Crippen molar-refractivity contribution in [2.24, 2.45) is 11.8 Å². The number of carbonyl (C=O) groups is 3. The zero-order valence-electron chi connectivity index (χ0n) is 25.5. The van der Waals surface area contributed by atoms with Gasteiger partial charge in [0.25, 0.3) is 0 Å². The highest BCUT2D eigenvalue weighted by Gasteiger charge is 2.79. The number of hydrogen-bond donors (Lipinski definition) is 1. The van der Waals surface area contributed by atoms with Gasteiger partial charge in [-0.2, -0.15) is 0 Å². The topological polar surface area (TPSA) is 96.4 Å². The molecule has 3 aliphatic rings. The molecule has 0 saturated carbocycles. The third-order valence-electron chi connectivity index (χ3n) is 9.51. The molecular weight excluding hydrogens is 532 g/mol. The van der Waals surface area contributed by atoms with Crippen molar-refractivity contribution in [1.29, 1.82) is 0 Å². The standard InChI is InChI=1S/C34H48N2O6/c1-6-9-10-14-21-41-32(40)28-27-30(38)36(26(23-37)22-25-16-12-11-13-17-25)29(34(27)19-18-33(28,5)42-34)31(39)35(20-8-3)24(4)15-7-2/h6,8,11-13,16-17,24,26-29,37H,1,3,7,9-10,14-15,18-23H2,2,4-5H3/t24?,26-,27+,28+,29?,33-,34?/m1/s1. The molecule has 1 spiro atoms. The predicted molar refractivity (Wildman–Crippen MR) is 161 cm³/mol. The molecule has 1 N–H and O–H groups in total. The van der Waals surface area contributed by atoms with Crippen molar-refractivity contribution in [2.75, 3.05) is 19.8 Å². The van der Waals surface area contributed by atoms with Gasteiger partial charge in [0.15, 0.2) is 0 Å². The van der Waals surface area contributed by atoms with Gasteiger partial charge in [-0.05, 0) is 64.4 Å². The van der Waals surface area contributed by atoms with E-state index in [9.17, 15) is 19.5 Å². The number of ether oxygens (including phenoxy) is 2. The Balaban J connectivity index is 1.74. The lowest BCUT2D eigenvalue weighted by Gasteiger charge is -2.41. The fourth-order valence-electron chi connectivity index (χ4n) is 7.54. The monoisotopic (exact) mass is 580 g/mol. The van der Waals surface area contributed by atoms with E-state index in [2.05, 4.69) is 20.1 Å². The molecule has 1 aromatic carbocycles. The number of carbonyl (C=O) groups excluding carboxylic acids is 3. The van der Waals surface area contributed by atoms with Gasteiger partial charge in [0.1, 0.15) is 17.6 Å². The number of benzene rings is 1. The fraction of sp³-hybridized carbons (Fsp3) is 0.618. The van der Waals surface area contributed by atoms with Crippen LogP contribution in [-0.4, -0.2) is 81.8 Å². The van der Waals surface area contributed by atoms with E-state index in [4.69, 9.17) is 9.47 Å². The third-order valence-corrected chi connectivity index (χ3v) is 9.51. The van der Waals surface area contributed by atoms with Crippen molar-refractivity contribution in [3.63, 3.8) is 0 Å². The van der Waals surface area contributed by atoms with Crippen LogP contribution in [0, 0.1) is 11.8 Å². The lowest BCUT2D eigenvalue weighted by molar-refractivity contribution is -0.162. The zero-order valence-corrected chi connectivity index (χ0v) is 25.5. The summed E-state index contributed by atoms with van der Waals surface area (Å²) >= 11 is 0. The minimum absolute atomic E-state index is 0.0832. The third kappa shape index (κ3) is 5.80. The molecule has 0 radical (unpaired) electrons. The maximum absolute atomic E-state index is 14.7. The Labute approximate surface area is 250 Å². The van der Waals surface area contributed by atoms with E-state index in [1.807, 2.05) is 50.3 Å². The van der Waals surface area contributed by atoms with E-state index in [0.29, 0.717) is 32.2 Å². The number of esters is 1. The number of unbranched alkanes of at least 4 members (excludes halogenated alkanes) is 2. The van der Waals surface area contributed by atoms with Gasteiger partial charge >= 0.3 is 5.97 Å². The minimum atomic E-state index is -1.18. The molecule has 3 saturated heterocycles. The lowest BCUT2D eigenvalue weighted by atomic mass is 9.66. The molecule has 2 bridgehead atoms. The second-order valence-electron chi connectivity index (χ2n) is 12.4. The van der Waals surface area contributed by atoms with Gasteiger partial charge in [-0.15, -0.1) is 13.2 Å². The Morgan fingerprint density at radius 1 is 1.21 bits per heavy atom. The largest absolute Gasteiger partial charge is 0.465 e. The van der Waals surface area contributed by atoms with Crippen LogP contribution in [0.3, 0.4) is 0 Å². The van der Waals surface area contributed by atoms with Crippen LogP contribution in [0.15, 0.2) is 55.6 Å². The summed E-state index contributed by atoms with van der Waals surface area (Å²) in [4.78, 5) is 46.2. The maximum Gasteiger partial charge on any atom is 0.312 e. The normalized spacial score (nSPS) is 29.2. The van der Waals surface area contributed by atoms with Crippen LogP contribution in [0.4, 0.5) is 0 Å². The number of likely N-dealkylation sites (tertiary alicyclic amines) is 1. The van der Waals surface area contributed by atoms with Crippen LogP contribution in [0.25, 0.3) is 0 Å². The quantitative estimate of drug-likeness (QED) is 0.176. The lowest BCUT2D eigenvalue weighted by Crippen LogP contribution is -2.60. The molecule has 1 aromatic rings. The number of rotatable bonds is 16. The van der Waals surface area contributed by atoms with Crippen LogP contribution in [-0.2, 0) is 30.3 Å². The van der Waals surface area contributed by atoms with Gasteiger partial charge in [-0.25, -0.2) is 0 Å². The molecule has 3 unspecified atom stereocenters. The summed E-state index contributed by atoms with van der Waals surface area (Å²) in [6.07, 6.45) is 9.02. The van der Waals surface area contributed by atoms with Crippen LogP contribution in [0.1, 0.15) is 71.3 Å². The number of aliphatic hydroxyl groups excluding tert-OH is 1. The Kier molecular flexibility index (Phi) is 10.3. The zero-order chi connectivity index (χ0) is 30.5. The van der Waals surface area contributed by atoms with E-state index < -0.39 is 41.1 Å². The highest BCUT2D eigenvalue weighted by molar-refractivity contribution is 5.99. The Morgan fingerprint density at radius 2 is 1.95 bits per heavy atom. The molecule has 3 aliphatic heterocycles. The first-order chi connectivity index (χ1) is 20.2. The summed E-state index contributed by atoms with van der Waals surface area (Å²) < 4.78 is 12.5. The highest BCUT2D eigenvalue weighted by Crippen LogP contribution is 2.63. The number of amides is 2. The number of nitrogens with zero attached hydrogens (tertiary/aromatic N) is 2. The van der Waals surface area contributed by atoms with Crippen LogP contribution >= 0.6 is 0 Å². The van der Waals surface area contributed by atoms with Crippen molar-refractivity contribution in [2.45, 2.75) is 101 Å². The average Bonchev–Trinajstić information content (AvgIpc) is 3.55. The molecule has 2 amide bonds. The first-order valence-electron chi connectivity index (χ1n) is 15.5. The molecule has 4 rings (SSSR count). The van der Waals surface area contributed by atoms with Gasteiger partial charge in [0.05, 0.1) is 30.8 Å². The van der Waals surface area contributed by atoms with Crippen molar-refractivity contribution in [3.8, 4) is 0 Å². The van der Waals surface area contributed by atoms with Gasteiger partial charge in [-0.1, -0.05) is 55.8 Å². The molecule has 3 heterocycles. The SMILES string of the molecule is C=CCCCCOC(=O)[C@@H]1[C@H]2C(=O)N([C@@H](CO)Cc3ccccc3)C(C(=O)N(CC=C)C(C)CCC)C23CC[C@@]1(C)O3. The average molecular weight is 581 g/mol. The fourth-order valence-corrected chi connectivity index (χ4v) is 7.54. The van der Waals surface area contributed by atoms with Gasteiger partial charge in [0, 0.05) is 12.6 Å². The molecular formula is C34H48N2O6. The smallest absolute Gasteiger partial charge is 0.312 e. The van der Waals surface area contributed by atoms with Crippen LogP contribution in [0.2, 0.25) is 0 Å². The molecule has 0 aromatic heterocycles. The molecule has 8 heteroatoms. The molecule has 42 heavy (non-hydrogen) atoms. The van der Waals surface area contributed by atoms with E-state index in [-0.39, 0.29) is 31.1 Å². The van der Waals surface area contributed by atoms with Crippen molar-refractivity contribution in [3.05, 3.63) is 61.2 Å². The van der Waals surface area contributed by atoms with Crippen LogP contribution < -0.4 is 0 Å². The maximum atomic E-state index is 14.7. The molecule has 230 valence electrons. The molecule has 8 nitrogen and oxygen atoms in total. The van der Waals surface area contributed by atoms with Gasteiger partial charge in [0.2, 0.25) is 11.8 Å². The van der Waals surface area contributed by atoms with Crippen LogP contribution in [0.5, 0.6) is 0 Å². The summed E-state index contributed by atoms with van der Waals surface area (Å²) in [6.45, 7) is 13.8. The first kappa shape index (κ1) is 32.0. The highest BCUT2D eigenvalue weighted by atomic mass is 16.6.